The zero-order valence-electron chi connectivity index (χ0n) is 9.20. The van der Waals surface area contributed by atoms with Crippen LogP contribution in [-0.2, 0) is 0 Å². The van der Waals surface area contributed by atoms with Gasteiger partial charge in [-0.3, -0.25) is 9.55 Å². The third-order valence-corrected chi connectivity index (χ3v) is 2.54. The second-order valence-corrected chi connectivity index (χ2v) is 3.70. The summed E-state index contributed by atoms with van der Waals surface area (Å²) >= 11 is 0. The van der Waals surface area contributed by atoms with Crippen LogP contribution < -0.4 is 5.73 Å². The molecule has 0 amide bonds. The summed E-state index contributed by atoms with van der Waals surface area (Å²) in [4.78, 5) is 16.5. The van der Waals surface area contributed by atoms with Crippen LogP contribution in [0.1, 0.15) is 5.69 Å². The van der Waals surface area contributed by atoms with Crippen molar-refractivity contribution < 1.29 is 0 Å². The predicted octanol–water partition coefficient (Wildman–Crippen LogP) is 1.10. The van der Waals surface area contributed by atoms with Crippen LogP contribution in [0.2, 0.25) is 0 Å². The smallest absolute Gasteiger partial charge is 0.170 e. The Balaban J connectivity index is 2.24. The van der Waals surface area contributed by atoms with Gasteiger partial charge in [0, 0.05) is 5.69 Å². The molecule has 3 aromatic rings. The quantitative estimate of drug-likeness (QED) is 0.671. The number of aryl methyl sites for hydroxylation is 1. The van der Waals surface area contributed by atoms with E-state index >= 15 is 0 Å². The molecule has 0 spiro atoms. The first kappa shape index (κ1) is 9.71. The molecular formula is C11H10N6. The normalized spacial score (nSPS) is 10.9. The van der Waals surface area contributed by atoms with Gasteiger partial charge in [0.15, 0.2) is 17.0 Å². The fraction of sp³-hybridized carbons (Fsp3) is 0.0909. The third kappa shape index (κ3) is 1.50. The second kappa shape index (κ2) is 3.51. The van der Waals surface area contributed by atoms with E-state index < -0.39 is 0 Å². The first-order chi connectivity index (χ1) is 8.25. The highest BCUT2D eigenvalue weighted by Gasteiger charge is 2.08. The van der Waals surface area contributed by atoms with Crippen LogP contribution in [0.4, 0.5) is 5.82 Å². The van der Waals surface area contributed by atoms with E-state index in [1.807, 2.05) is 23.6 Å². The summed E-state index contributed by atoms with van der Waals surface area (Å²) < 4.78 is 1.83. The average Bonchev–Trinajstić information content (AvgIpc) is 2.75. The molecule has 0 aliphatic rings. The standard InChI is InChI=1S/C11H10N6/c1-7-2-3-8(4-13-7)17-6-16-9-10(12)14-5-15-11(9)17/h2-6H,1H3,(H2,12,14,15). The lowest BCUT2D eigenvalue weighted by Crippen LogP contribution is -1.97. The van der Waals surface area contributed by atoms with E-state index in [0.29, 0.717) is 17.0 Å². The minimum Gasteiger partial charge on any atom is -0.382 e. The molecule has 0 saturated heterocycles. The maximum absolute atomic E-state index is 5.73. The van der Waals surface area contributed by atoms with Crippen molar-refractivity contribution >= 4 is 17.0 Å². The predicted molar refractivity (Wildman–Crippen MR) is 63.6 cm³/mol. The lowest BCUT2D eigenvalue weighted by molar-refractivity contribution is 1.03. The van der Waals surface area contributed by atoms with Gasteiger partial charge < -0.3 is 5.73 Å². The number of aromatic nitrogens is 5. The van der Waals surface area contributed by atoms with E-state index in [0.717, 1.165) is 11.4 Å². The summed E-state index contributed by atoms with van der Waals surface area (Å²) in [7, 11) is 0. The highest BCUT2D eigenvalue weighted by molar-refractivity contribution is 5.82. The summed E-state index contributed by atoms with van der Waals surface area (Å²) in [6.45, 7) is 1.94. The molecule has 0 saturated carbocycles. The Kier molecular flexibility index (Phi) is 2.01. The molecule has 0 unspecified atom stereocenters. The number of nitrogens with two attached hydrogens (primary N) is 1. The molecule has 3 rings (SSSR count). The molecule has 0 aliphatic heterocycles. The molecule has 3 heterocycles. The molecule has 0 radical (unpaired) electrons. The van der Waals surface area contributed by atoms with Gasteiger partial charge in [-0.2, -0.15) is 0 Å². The van der Waals surface area contributed by atoms with E-state index in [4.69, 9.17) is 5.73 Å². The summed E-state index contributed by atoms with van der Waals surface area (Å²) in [5.41, 5.74) is 8.88. The van der Waals surface area contributed by atoms with Crippen LogP contribution in [0.5, 0.6) is 0 Å². The average molecular weight is 226 g/mol. The summed E-state index contributed by atoms with van der Waals surface area (Å²) in [6.07, 6.45) is 4.87. The third-order valence-electron chi connectivity index (χ3n) is 2.54. The van der Waals surface area contributed by atoms with E-state index in [9.17, 15) is 0 Å². The zero-order chi connectivity index (χ0) is 11.8. The first-order valence-electron chi connectivity index (χ1n) is 5.12. The van der Waals surface area contributed by atoms with E-state index in [1.165, 1.54) is 6.33 Å². The van der Waals surface area contributed by atoms with E-state index in [-0.39, 0.29) is 0 Å². The van der Waals surface area contributed by atoms with Gasteiger partial charge in [0.05, 0.1) is 11.9 Å². The van der Waals surface area contributed by atoms with Gasteiger partial charge in [-0.05, 0) is 19.1 Å². The van der Waals surface area contributed by atoms with Crippen molar-refractivity contribution in [3.05, 3.63) is 36.7 Å². The lowest BCUT2D eigenvalue weighted by Gasteiger charge is -2.03. The number of nitrogens with zero attached hydrogens (tertiary/aromatic N) is 5. The second-order valence-electron chi connectivity index (χ2n) is 3.70. The number of rotatable bonds is 1. The first-order valence-corrected chi connectivity index (χ1v) is 5.12. The molecule has 3 aromatic heterocycles. The number of anilines is 1. The number of imidazole rings is 1. The Morgan fingerprint density at radius 3 is 2.76 bits per heavy atom. The number of hydrogen-bond donors (Lipinski definition) is 1. The molecule has 0 aliphatic carbocycles. The molecule has 2 N–H and O–H groups in total. The Morgan fingerprint density at radius 1 is 1.12 bits per heavy atom. The van der Waals surface area contributed by atoms with Gasteiger partial charge in [-0.1, -0.05) is 0 Å². The zero-order valence-corrected chi connectivity index (χ0v) is 9.20. The Hall–Kier alpha value is -2.50. The van der Waals surface area contributed by atoms with Crippen molar-refractivity contribution in [1.82, 2.24) is 24.5 Å². The van der Waals surface area contributed by atoms with E-state index in [1.54, 1.807) is 12.5 Å². The minimum atomic E-state index is 0.383. The minimum absolute atomic E-state index is 0.383. The van der Waals surface area contributed by atoms with Crippen molar-refractivity contribution in [3.8, 4) is 5.69 Å². The number of nitrogen functional groups attached to an aromatic ring is 1. The van der Waals surface area contributed by atoms with Crippen molar-refractivity contribution in [2.45, 2.75) is 6.92 Å². The summed E-state index contributed by atoms with van der Waals surface area (Å²) in [5.74, 6) is 0.383. The molecule has 0 fully saturated rings. The molecule has 0 aromatic carbocycles. The van der Waals surface area contributed by atoms with Gasteiger partial charge in [0.25, 0.3) is 0 Å². The molecule has 0 atom stereocenters. The van der Waals surface area contributed by atoms with Crippen LogP contribution in [0, 0.1) is 6.92 Å². The van der Waals surface area contributed by atoms with Crippen molar-refractivity contribution in [3.63, 3.8) is 0 Å². The fourth-order valence-electron chi connectivity index (χ4n) is 1.64. The summed E-state index contributed by atoms with van der Waals surface area (Å²) in [5, 5.41) is 0. The number of pyridine rings is 1. The van der Waals surface area contributed by atoms with Crippen LogP contribution in [0.25, 0.3) is 16.9 Å². The molecule has 6 nitrogen and oxygen atoms in total. The highest BCUT2D eigenvalue weighted by Crippen LogP contribution is 2.18. The molecule has 0 bridgehead atoms. The van der Waals surface area contributed by atoms with Gasteiger partial charge in [0.2, 0.25) is 0 Å². The Morgan fingerprint density at radius 2 is 2.00 bits per heavy atom. The molecular weight excluding hydrogens is 216 g/mol. The largest absolute Gasteiger partial charge is 0.382 e. The van der Waals surface area contributed by atoms with Crippen LogP contribution in [-0.4, -0.2) is 24.5 Å². The van der Waals surface area contributed by atoms with Crippen molar-refractivity contribution in [2.75, 3.05) is 5.73 Å². The Bertz CT molecular complexity index is 670. The lowest BCUT2D eigenvalue weighted by atomic mass is 10.3. The Labute approximate surface area is 97.2 Å². The molecule has 84 valence electrons. The van der Waals surface area contributed by atoms with Crippen LogP contribution in [0.3, 0.4) is 0 Å². The number of hydrogen-bond acceptors (Lipinski definition) is 5. The van der Waals surface area contributed by atoms with Gasteiger partial charge in [-0.25, -0.2) is 15.0 Å². The topological polar surface area (TPSA) is 82.5 Å². The maximum Gasteiger partial charge on any atom is 0.170 e. The van der Waals surface area contributed by atoms with Gasteiger partial charge in [0.1, 0.15) is 12.7 Å². The SMILES string of the molecule is Cc1ccc(-n2cnc3c(N)ncnc32)cn1. The molecule has 6 heteroatoms. The molecule has 17 heavy (non-hydrogen) atoms. The van der Waals surface area contributed by atoms with Gasteiger partial charge >= 0.3 is 0 Å². The van der Waals surface area contributed by atoms with Crippen molar-refractivity contribution in [2.24, 2.45) is 0 Å². The monoisotopic (exact) mass is 226 g/mol. The number of fused-ring (bicyclic) bond motifs is 1. The van der Waals surface area contributed by atoms with Crippen LogP contribution >= 0.6 is 0 Å². The van der Waals surface area contributed by atoms with Crippen LogP contribution in [0.15, 0.2) is 31.0 Å². The highest BCUT2D eigenvalue weighted by atomic mass is 15.1. The summed E-state index contributed by atoms with van der Waals surface area (Å²) in [6, 6.07) is 3.90. The van der Waals surface area contributed by atoms with Crippen molar-refractivity contribution in [1.29, 1.82) is 0 Å². The van der Waals surface area contributed by atoms with Gasteiger partial charge in [-0.15, -0.1) is 0 Å². The van der Waals surface area contributed by atoms with E-state index in [2.05, 4.69) is 19.9 Å². The maximum atomic E-state index is 5.73. The fourth-order valence-corrected chi connectivity index (χ4v) is 1.64.